The monoisotopic (exact) mass is 471 g/mol. The van der Waals surface area contributed by atoms with E-state index in [1.807, 2.05) is 12.2 Å². The fourth-order valence-electron chi connectivity index (χ4n) is 4.47. The molecule has 35 heavy (non-hydrogen) atoms. The van der Waals surface area contributed by atoms with Crippen LogP contribution < -0.4 is 10.6 Å². The van der Waals surface area contributed by atoms with E-state index in [1.165, 1.54) is 23.1 Å². The van der Waals surface area contributed by atoms with Crippen molar-refractivity contribution in [3.63, 3.8) is 0 Å². The molecular weight excluding hydrogens is 449 g/mol. The Morgan fingerprint density at radius 3 is 2.54 bits per heavy atom. The Morgan fingerprint density at radius 2 is 1.77 bits per heavy atom. The minimum Gasteiger partial charge on any atom is -0.508 e. The molecule has 3 amide bonds. The number of nitrogens with one attached hydrogen (secondary N) is 2. The summed E-state index contributed by atoms with van der Waals surface area (Å²) < 4.78 is 13.5. The van der Waals surface area contributed by atoms with Crippen molar-refractivity contribution in [2.75, 3.05) is 11.9 Å². The van der Waals surface area contributed by atoms with Gasteiger partial charge in [-0.15, -0.1) is 0 Å². The summed E-state index contributed by atoms with van der Waals surface area (Å²) in [5.41, 5.74) is 2.58. The zero-order valence-corrected chi connectivity index (χ0v) is 18.6. The van der Waals surface area contributed by atoms with Crippen LogP contribution >= 0.6 is 0 Å². The second-order valence-corrected chi connectivity index (χ2v) is 8.54. The summed E-state index contributed by atoms with van der Waals surface area (Å²) in [6, 6.07) is 15.8. The van der Waals surface area contributed by atoms with Gasteiger partial charge in [0, 0.05) is 12.1 Å². The number of phenolic OH excluding ortho intramolecular Hbond substituents is 1. The molecule has 0 radical (unpaired) electrons. The van der Waals surface area contributed by atoms with Gasteiger partial charge in [-0.2, -0.15) is 0 Å². The molecule has 3 N–H and O–H groups in total. The highest BCUT2D eigenvalue weighted by Crippen LogP contribution is 2.30. The molecule has 0 unspecified atom stereocenters. The number of phenols is 1. The molecule has 2 atom stereocenters. The molecule has 0 aliphatic carbocycles. The molecule has 0 bridgehead atoms. The van der Waals surface area contributed by atoms with E-state index in [2.05, 4.69) is 10.6 Å². The van der Waals surface area contributed by atoms with Gasteiger partial charge in [-0.05, 0) is 60.0 Å². The molecular formula is C27H22FN3O4. The maximum Gasteiger partial charge on any atom is 0.256 e. The van der Waals surface area contributed by atoms with Gasteiger partial charge in [0.1, 0.15) is 17.6 Å². The number of amides is 3. The molecule has 0 saturated carbocycles. The largest absolute Gasteiger partial charge is 0.508 e. The van der Waals surface area contributed by atoms with Crippen LogP contribution in [0.2, 0.25) is 0 Å². The standard InChI is InChI=1S/C27H22FN3O4/c28-19-3-1-2-18(15-19)25(33)30-23-12-13-31-24(23)26(34)29-22-11-8-17(14-21(22)27(31)35)5-4-16-6-9-20(32)10-7-16/h1-11,14-15,23-24,32H,12-13H2,(H,29,34)(H,30,33)/b5-4+/t23-,24-/m0/s1. The molecule has 2 aliphatic rings. The Labute approximate surface area is 200 Å². The molecule has 0 aromatic heterocycles. The van der Waals surface area contributed by atoms with Crippen LogP contribution in [0, 0.1) is 5.82 Å². The van der Waals surface area contributed by atoms with Crippen molar-refractivity contribution in [1.29, 1.82) is 0 Å². The summed E-state index contributed by atoms with van der Waals surface area (Å²) in [6.45, 7) is 0.304. The highest BCUT2D eigenvalue weighted by atomic mass is 19.1. The first-order chi connectivity index (χ1) is 16.9. The Kier molecular flexibility index (Phi) is 5.78. The summed E-state index contributed by atoms with van der Waals surface area (Å²) in [5.74, 6) is -1.53. The first-order valence-corrected chi connectivity index (χ1v) is 11.2. The van der Waals surface area contributed by atoms with Gasteiger partial charge in [0.15, 0.2) is 0 Å². The van der Waals surface area contributed by atoms with Gasteiger partial charge < -0.3 is 20.6 Å². The predicted molar refractivity (Wildman–Crippen MR) is 129 cm³/mol. The Hall–Kier alpha value is -4.46. The molecule has 5 rings (SSSR count). The van der Waals surface area contributed by atoms with Crippen LogP contribution in [0.5, 0.6) is 5.75 Å². The number of carbonyl (C=O) groups is 3. The molecule has 0 spiro atoms. The topological polar surface area (TPSA) is 98.7 Å². The summed E-state index contributed by atoms with van der Waals surface area (Å²) in [5, 5.41) is 15.0. The lowest BCUT2D eigenvalue weighted by Gasteiger charge is -2.25. The van der Waals surface area contributed by atoms with E-state index < -0.39 is 23.8 Å². The van der Waals surface area contributed by atoms with E-state index in [1.54, 1.807) is 42.5 Å². The molecule has 176 valence electrons. The van der Waals surface area contributed by atoms with Crippen LogP contribution in [-0.4, -0.2) is 46.4 Å². The van der Waals surface area contributed by atoms with Crippen molar-refractivity contribution in [3.8, 4) is 5.75 Å². The summed E-state index contributed by atoms with van der Waals surface area (Å²) in [4.78, 5) is 40.6. The number of carbonyl (C=O) groups excluding carboxylic acids is 3. The second-order valence-electron chi connectivity index (χ2n) is 8.54. The molecule has 1 saturated heterocycles. The van der Waals surface area contributed by atoms with Crippen LogP contribution in [0.1, 0.15) is 38.3 Å². The zero-order valence-electron chi connectivity index (χ0n) is 18.6. The third-order valence-electron chi connectivity index (χ3n) is 6.22. The van der Waals surface area contributed by atoms with Crippen molar-refractivity contribution < 1.29 is 23.9 Å². The van der Waals surface area contributed by atoms with Crippen molar-refractivity contribution >= 4 is 35.6 Å². The molecule has 2 aliphatic heterocycles. The van der Waals surface area contributed by atoms with Gasteiger partial charge in [-0.1, -0.05) is 36.4 Å². The van der Waals surface area contributed by atoms with Crippen LogP contribution in [0.25, 0.3) is 12.2 Å². The molecule has 8 heteroatoms. The maximum atomic E-state index is 13.5. The summed E-state index contributed by atoms with van der Waals surface area (Å²) in [7, 11) is 0. The normalized spacial score (nSPS) is 19.2. The van der Waals surface area contributed by atoms with Crippen molar-refractivity contribution in [2.45, 2.75) is 18.5 Å². The smallest absolute Gasteiger partial charge is 0.256 e. The number of anilines is 1. The fraction of sp³-hybridized carbons (Fsp3) is 0.148. The number of hydrogen-bond donors (Lipinski definition) is 3. The predicted octanol–water partition coefficient (Wildman–Crippen LogP) is 3.67. The average Bonchev–Trinajstić information content (AvgIpc) is 3.23. The van der Waals surface area contributed by atoms with Crippen LogP contribution in [0.3, 0.4) is 0 Å². The number of nitrogens with zero attached hydrogens (tertiary/aromatic N) is 1. The number of hydrogen-bond acceptors (Lipinski definition) is 4. The highest BCUT2D eigenvalue weighted by Gasteiger charge is 2.45. The van der Waals surface area contributed by atoms with Gasteiger partial charge in [-0.3, -0.25) is 14.4 Å². The Morgan fingerprint density at radius 1 is 1.03 bits per heavy atom. The zero-order chi connectivity index (χ0) is 24.5. The Balaban J connectivity index is 1.37. The molecule has 3 aromatic carbocycles. The van der Waals surface area contributed by atoms with Gasteiger partial charge in [0.25, 0.3) is 11.8 Å². The van der Waals surface area contributed by atoms with Gasteiger partial charge in [0.05, 0.1) is 17.3 Å². The lowest BCUT2D eigenvalue weighted by Crippen LogP contribution is -2.51. The van der Waals surface area contributed by atoms with Crippen LogP contribution in [-0.2, 0) is 4.79 Å². The van der Waals surface area contributed by atoms with E-state index in [0.717, 1.165) is 17.2 Å². The first-order valence-electron chi connectivity index (χ1n) is 11.2. The van der Waals surface area contributed by atoms with Gasteiger partial charge in [0.2, 0.25) is 5.91 Å². The van der Waals surface area contributed by atoms with Crippen molar-refractivity contribution in [3.05, 3.63) is 94.8 Å². The number of rotatable bonds is 4. The maximum absolute atomic E-state index is 13.5. The molecule has 2 heterocycles. The van der Waals surface area contributed by atoms with Gasteiger partial charge >= 0.3 is 0 Å². The van der Waals surface area contributed by atoms with E-state index in [-0.39, 0.29) is 23.1 Å². The van der Waals surface area contributed by atoms with E-state index in [0.29, 0.717) is 24.2 Å². The lowest BCUT2D eigenvalue weighted by atomic mass is 10.1. The summed E-state index contributed by atoms with van der Waals surface area (Å²) in [6.07, 6.45) is 4.11. The molecule has 3 aromatic rings. The van der Waals surface area contributed by atoms with E-state index in [4.69, 9.17) is 0 Å². The third kappa shape index (κ3) is 4.50. The number of halogens is 1. The highest BCUT2D eigenvalue weighted by molar-refractivity contribution is 6.11. The number of aromatic hydroxyl groups is 1. The SMILES string of the molecule is O=C(N[C@H]1CCN2C(=O)c3cc(/C=C/c4ccc(O)cc4)ccc3NC(=O)[C@H]12)c1cccc(F)c1. The fourth-order valence-corrected chi connectivity index (χ4v) is 4.47. The second kappa shape index (κ2) is 9.06. The summed E-state index contributed by atoms with van der Waals surface area (Å²) >= 11 is 0. The van der Waals surface area contributed by atoms with Gasteiger partial charge in [-0.25, -0.2) is 4.39 Å². The number of benzene rings is 3. The Bertz CT molecular complexity index is 1350. The van der Waals surface area contributed by atoms with E-state index in [9.17, 15) is 23.9 Å². The minimum atomic E-state index is -0.872. The lowest BCUT2D eigenvalue weighted by molar-refractivity contribution is -0.120. The third-order valence-corrected chi connectivity index (χ3v) is 6.22. The molecule has 1 fully saturated rings. The number of fused-ring (bicyclic) bond motifs is 2. The van der Waals surface area contributed by atoms with Crippen molar-refractivity contribution in [1.82, 2.24) is 10.2 Å². The quantitative estimate of drug-likeness (QED) is 0.506. The van der Waals surface area contributed by atoms with Crippen LogP contribution in [0.4, 0.5) is 10.1 Å². The van der Waals surface area contributed by atoms with Crippen LogP contribution in [0.15, 0.2) is 66.7 Å². The van der Waals surface area contributed by atoms with E-state index >= 15 is 0 Å². The van der Waals surface area contributed by atoms with Crippen molar-refractivity contribution in [2.24, 2.45) is 0 Å². The minimum absolute atomic E-state index is 0.150. The first kappa shape index (κ1) is 22.3. The average molecular weight is 471 g/mol. The molecule has 7 nitrogen and oxygen atoms in total.